The van der Waals surface area contributed by atoms with E-state index in [9.17, 15) is 22.8 Å². The van der Waals surface area contributed by atoms with Crippen molar-refractivity contribution >= 4 is 29.3 Å². The first-order valence-corrected chi connectivity index (χ1v) is 6.52. The van der Waals surface area contributed by atoms with Gasteiger partial charge in [0.25, 0.3) is 0 Å². The van der Waals surface area contributed by atoms with Crippen molar-refractivity contribution in [2.24, 2.45) is 5.92 Å². The van der Waals surface area contributed by atoms with Gasteiger partial charge in [-0.25, -0.2) is 4.79 Å². The monoisotopic (exact) mass is 338 g/mol. The summed E-state index contributed by atoms with van der Waals surface area (Å²) in [5, 5.41) is 10.9. The van der Waals surface area contributed by atoms with Gasteiger partial charge in [-0.3, -0.25) is 4.79 Å². The largest absolute Gasteiger partial charge is 0.481 e. The zero-order valence-corrected chi connectivity index (χ0v) is 12.5. The van der Waals surface area contributed by atoms with Crippen LogP contribution in [0.2, 0.25) is 5.02 Å². The number of halogens is 4. The van der Waals surface area contributed by atoms with E-state index >= 15 is 0 Å². The van der Waals surface area contributed by atoms with Gasteiger partial charge in [0.1, 0.15) is 0 Å². The van der Waals surface area contributed by atoms with Crippen LogP contribution in [0.1, 0.15) is 12.5 Å². The maximum absolute atomic E-state index is 12.6. The number of alkyl halides is 3. The van der Waals surface area contributed by atoms with Crippen LogP contribution in [0, 0.1) is 5.92 Å². The van der Waals surface area contributed by atoms with Crippen molar-refractivity contribution in [3.63, 3.8) is 0 Å². The third-order valence-electron chi connectivity index (χ3n) is 2.85. The molecule has 0 aliphatic carbocycles. The lowest BCUT2D eigenvalue weighted by Gasteiger charge is -2.20. The zero-order chi connectivity index (χ0) is 17.1. The molecule has 1 aromatic rings. The summed E-state index contributed by atoms with van der Waals surface area (Å²) >= 11 is 5.76. The standard InChI is InChI=1S/C13H14ClF3N2O3/c1-7(11(20)21)6-19(2)12(22)18-10-5-8(13(15,16)17)3-4-9(10)14/h3-5,7H,6H2,1-2H3,(H,18,22)(H,20,21). The number of hydrogen-bond acceptors (Lipinski definition) is 2. The number of carboxylic acids is 1. The van der Waals surface area contributed by atoms with Crippen molar-refractivity contribution < 1.29 is 27.9 Å². The third kappa shape index (κ3) is 4.80. The zero-order valence-electron chi connectivity index (χ0n) is 11.7. The van der Waals surface area contributed by atoms with Crippen LogP contribution in [-0.2, 0) is 11.0 Å². The molecule has 2 N–H and O–H groups in total. The number of carboxylic acid groups (broad SMARTS) is 1. The van der Waals surface area contributed by atoms with Crippen LogP contribution in [0.5, 0.6) is 0 Å². The van der Waals surface area contributed by atoms with E-state index in [-0.39, 0.29) is 17.3 Å². The van der Waals surface area contributed by atoms with E-state index in [1.54, 1.807) is 0 Å². The van der Waals surface area contributed by atoms with Crippen molar-refractivity contribution in [1.29, 1.82) is 0 Å². The molecule has 0 spiro atoms. The molecule has 0 saturated heterocycles. The van der Waals surface area contributed by atoms with Crippen LogP contribution in [0.3, 0.4) is 0 Å². The fraction of sp³-hybridized carbons (Fsp3) is 0.385. The topological polar surface area (TPSA) is 69.6 Å². The van der Waals surface area contributed by atoms with Crippen molar-refractivity contribution in [3.8, 4) is 0 Å². The van der Waals surface area contributed by atoms with Crippen molar-refractivity contribution in [1.82, 2.24) is 4.90 Å². The molecule has 1 atom stereocenters. The minimum absolute atomic E-state index is 0.0546. The molecule has 1 aromatic carbocycles. The second kappa shape index (κ2) is 6.87. The number of hydrogen-bond donors (Lipinski definition) is 2. The van der Waals surface area contributed by atoms with Crippen molar-refractivity contribution in [2.75, 3.05) is 18.9 Å². The highest BCUT2D eigenvalue weighted by Crippen LogP contribution is 2.33. The number of rotatable bonds is 4. The lowest BCUT2D eigenvalue weighted by atomic mass is 10.2. The predicted molar refractivity (Wildman–Crippen MR) is 74.9 cm³/mol. The first-order chi connectivity index (χ1) is 10.0. The van der Waals surface area contributed by atoms with Gasteiger partial charge in [0, 0.05) is 13.6 Å². The Morgan fingerprint density at radius 1 is 1.41 bits per heavy atom. The molecule has 122 valence electrons. The van der Waals surface area contributed by atoms with Gasteiger partial charge in [0.05, 0.1) is 22.2 Å². The molecule has 0 heterocycles. The first-order valence-electron chi connectivity index (χ1n) is 6.14. The molecule has 2 amide bonds. The number of carbonyl (C=O) groups excluding carboxylic acids is 1. The highest BCUT2D eigenvalue weighted by Gasteiger charge is 2.31. The highest BCUT2D eigenvalue weighted by atomic mass is 35.5. The number of anilines is 1. The summed E-state index contributed by atoms with van der Waals surface area (Å²) in [7, 11) is 1.33. The van der Waals surface area contributed by atoms with E-state index in [1.165, 1.54) is 14.0 Å². The Morgan fingerprint density at radius 3 is 2.50 bits per heavy atom. The maximum atomic E-state index is 12.6. The maximum Gasteiger partial charge on any atom is 0.416 e. The Bertz CT molecular complexity index is 578. The number of carbonyl (C=O) groups is 2. The van der Waals surface area contributed by atoms with Crippen molar-refractivity contribution in [2.45, 2.75) is 13.1 Å². The first kappa shape index (κ1) is 18.1. The number of amides is 2. The molecule has 0 aliphatic heterocycles. The summed E-state index contributed by atoms with van der Waals surface area (Å²) in [5.74, 6) is -1.90. The summed E-state index contributed by atoms with van der Waals surface area (Å²) in [6, 6.07) is 1.79. The van der Waals surface area contributed by atoms with E-state index in [0.717, 1.165) is 17.0 Å². The molecule has 0 radical (unpaired) electrons. The fourth-order valence-electron chi connectivity index (χ4n) is 1.58. The molecule has 0 saturated carbocycles. The normalized spacial score (nSPS) is 12.6. The summed E-state index contributed by atoms with van der Waals surface area (Å²) in [6.07, 6.45) is -4.56. The minimum atomic E-state index is -4.56. The van der Waals surface area contributed by atoms with Gasteiger partial charge in [0.15, 0.2) is 0 Å². The Morgan fingerprint density at radius 2 is 2.00 bits per heavy atom. The predicted octanol–water partition coefficient (Wildman–Crippen LogP) is 3.54. The number of aliphatic carboxylic acids is 1. The Kier molecular flexibility index (Phi) is 5.65. The van der Waals surface area contributed by atoms with Crippen LogP contribution >= 0.6 is 11.6 Å². The van der Waals surface area contributed by atoms with Crippen LogP contribution in [0.25, 0.3) is 0 Å². The molecular weight excluding hydrogens is 325 g/mol. The number of nitrogens with one attached hydrogen (secondary N) is 1. The smallest absolute Gasteiger partial charge is 0.416 e. The molecule has 0 fully saturated rings. The molecule has 1 rings (SSSR count). The van der Waals surface area contributed by atoms with Crippen molar-refractivity contribution in [3.05, 3.63) is 28.8 Å². The van der Waals surface area contributed by atoms with Crippen LogP contribution in [0.15, 0.2) is 18.2 Å². The Balaban J connectivity index is 2.86. The number of nitrogens with zero attached hydrogens (tertiary/aromatic N) is 1. The molecule has 5 nitrogen and oxygen atoms in total. The number of benzene rings is 1. The summed E-state index contributed by atoms with van der Waals surface area (Å²) in [4.78, 5) is 23.6. The van der Waals surface area contributed by atoms with E-state index in [4.69, 9.17) is 16.7 Å². The summed E-state index contributed by atoms with van der Waals surface area (Å²) in [5.41, 5.74) is -1.15. The minimum Gasteiger partial charge on any atom is -0.481 e. The van der Waals surface area contributed by atoms with Gasteiger partial charge in [-0.05, 0) is 18.2 Å². The second-order valence-corrected chi connectivity index (χ2v) is 5.15. The molecule has 1 unspecified atom stereocenters. The van der Waals surface area contributed by atoms with Gasteiger partial charge in [-0.2, -0.15) is 13.2 Å². The van der Waals surface area contributed by atoms with Gasteiger partial charge in [-0.15, -0.1) is 0 Å². The van der Waals surface area contributed by atoms with E-state index in [2.05, 4.69) is 5.32 Å². The number of urea groups is 1. The quantitative estimate of drug-likeness (QED) is 0.882. The third-order valence-corrected chi connectivity index (χ3v) is 3.18. The molecule has 9 heteroatoms. The van der Waals surface area contributed by atoms with Crippen LogP contribution in [-0.4, -0.2) is 35.6 Å². The Hall–Kier alpha value is -1.96. The molecular formula is C13H14ClF3N2O3. The Labute approximate surface area is 129 Å². The molecule has 0 aromatic heterocycles. The summed E-state index contributed by atoms with van der Waals surface area (Å²) in [6.45, 7) is 1.31. The highest BCUT2D eigenvalue weighted by molar-refractivity contribution is 6.33. The van der Waals surface area contributed by atoms with E-state index in [0.29, 0.717) is 6.07 Å². The van der Waals surface area contributed by atoms with Crippen LogP contribution < -0.4 is 5.32 Å². The average Bonchev–Trinajstić information content (AvgIpc) is 2.39. The van der Waals surface area contributed by atoms with Gasteiger partial charge >= 0.3 is 18.2 Å². The molecule has 0 bridgehead atoms. The second-order valence-electron chi connectivity index (χ2n) is 4.74. The average molecular weight is 339 g/mol. The molecule has 0 aliphatic rings. The van der Waals surface area contributed by atoms with Gasteiger partial charge in [-0.1, -0.05) is 18.5 Å². The van der Waals surface area contributed by atoms with Gasteiger partial charge in [0.2, 0.25) is 0 Å². The lowest BCUT2D eigenvalue weighted by Crippen LogP contribution is -2.36. The van der Waals surface area contributed by atoms with E-state index < -0.39 is 29.7 Å². The van der Waals surface area contributed by atoms with E-state index in [1.807, 2.05) is 0 Å². The SMILES string of the molecule is CC(CN(C)C(=O)Nc1cc(C(F)(F)F)ccc1Cl)C(=O)O. The van der Waals surface area contributed by atoms with Gasteiger partial charge < -0.3 is 15.3 Å². The summed E-state index contributed by atoms with van der Waals surface area (Å²) < 4.78 is 37.9. The molecule has 22 heavy (non-hydrogen) atoms. The van der Waals surface area contributed by atoms with Crippen LogP contribution in [0.4, 0.5) is 23.7 Å². The lowest BCUT2D eigenvalue weighted by molar-refractivity contribution is -0.141. The fourth-order valence-corrected chi connectivity index (χ4v) is 1.74.